The number of ether oxygens (including phenoxy) is 1. The van der Waals surface area contributed by atoms with E-state index < -0.39 is 6.10 Å². The van der Waals surface area contributed by atoms with Crippen LogP contribution < -0.4 is 10.1 Å². The summed E-state index contributed by atoms with van der Waals surface area (Å²) in [6, 6.07) is 21.9. The first-order valence-electron chi connectivity index (χ1n) is 11.0. The van der Waals surface area contributed by atoms with Gasteiger partial charge in [0.15, 0.2) is 11.9 Å². The molecule has 4 aromatic rings. The molecule has 1 atom stereocenters. The Morgan fingerprint density at radius 3 is 2.24 bits per heavy atom. The Kier molecular flexibility index (Phi) is 6.62. The maximum absolute atomic E-state index is 13.2. The Morgan fingerprint density at radius 2 is 1.59 bits per heavy atom. The van der Waals surface area contributed by atoms with Gasteiger partial charge in [0, 0.05) is 15.4 Å². The number of hydrogen-bond acceptors (Lipinski definition) is 4. The number of carbonyl (C=O) groups excluding carboxylic acids is 2. The smallest absolute Gasteiger partial charge is 0.265 e. The van der Waals surface area contributed by atoms with Crippen molar-refractivity contribution in [3.05, 3.63) is 94.2 Å². The Hall–Kier alpha value is -3.38. The van der Waals surface area contributed by atoms with Gasteiger partial charge in [-0.3, -0.25) is 9.59 Å². The summed E-state index contributed by atoms with van der Waals surface area (Å²) in [4.78, 5) is 26.3. The van der Waals surface area contributed by atoms with Crippen LogP contribution in [0.15, 0.2) is 81.7 Å². The van der Waals surface area contributed by atoms with E-state index >= 15 is 0 Å². The van der Waals surface area contributed by atoms with Crippen LogP contribution in [0.5, 0.6) is 5.75 Å². The third-order valence-electron chi connectivity index (χ3n) is 5.56. The summed E-state index contributed by atoms with van der Waals surface area (Å²) in [6.45, 7) is 8.09. The van der Waals surface area contributed by atoms with Crippen molar-refractivity contribution in [3.8, 4) is 5.75 Å². The van der Waals surface area contributed by atoms with Crippen LogP contribution in [0.25, 0.3) is 11.0 Å². The van der Waals surface area contributed by atoms with E-state index in [1.54, 1.807) is 37.3 Å². The van der Waals surface area contributed by atoms with Crippen molar-refractivity contribution in [2.24, 2.45) is 0 Å². The predicted molar refractivity (Wildman–Crippen MR) is 138 cm³/mol. The largest absolute Gasteiger partial charge is 0.481 e. The number of amides is 1. The topological polar surface area (TPSA) is 68.5 Å². The second-order valence-corrected chi connectivity index (χ2v) is 10.1. The van der Waals surface area contributed by atoms with Crippen LogP contribution in [0.3, 0.4) is 0 Å². The van der Waals surface area contributed by atoms with E-state index in [1.807, 2.05) is 42.5 Å². The van der Waals surface area contributed by atoms with Gasteiger partial charge in [0.05, 0.1) is 5.69 Å². The van der Waals surface area contributed by atoms with Gasteiger partial charge in [-0.1, -0.05) is 61.0 Å². The Morgan fingerprint density at radius 1 is 0.941 bits per heavy atom. The number of anilines is 1. The van der Waals surface area contributed by atoms with Gasteiger partial charge in [-0.05, 0) is 66.4 Å². The van der Waals surface area contributed by atoms with E-state index in [0.29, 0.717) is 28.0 Å². The highest BCUT2D eigenvalue weighted by atomic mass is 79.9. The van der Waals surface area contributed by atoms with Crippen molar-refractivity contribution in [1.29, 1.82) is 0 Å². The molecular weight excluding hydrogens is 494 g/mol. The number of halogens is 1. The summed E-state index contributed by atoms with van der Waals surface area (Å²) >= 11 is 3.38. The van der Waals surface area contributed by atoms with E-state index in [4.69, 9.17) is 9.15 Å². The fraction of sp³-hybridized carbons (Fsp3) is 0.214. The van der Waals surface area contributed by atoms with Crippen LogP contribution in [-0.4, -0.2) is 17.8 Å². The quantitative estimate of drug-likeness (QED) is 0.275. The van der Waals surface area contributed by atoms with E-state index in [-0.39, 0.29) is 22.9 Å². The van der Waals surface area contributed by atoms with Crippen molar-refractivity contribution in [3.63, 3.8) is 0 Å². The summed E-state index contributed by atoms with van der Waals surface area (Å²) in [7, 11) is 0. The number of fused-ring (bicyclic) bond motifs is 1. The third kappa shape index (κ3) is 5.07. The molecule has 0 fully saturated rings. The van der Waals surface area contributed by atoms with Crippen molar-refractivity contribution in [2.45, 2.75) is 39.2 Å². The summed E-state index contributed by atoms with van der Waals surface area (Å²) < 4.78 is 12.6. The number of benzene rings is 3. The average molecular weight is 520 g/mol. The molecule has 1 heterocycles. The fourth-order valence-electron chi connectivity index (χ4n) is 3.58. The molecule has 1 unspecified atom stereocenters. The zero-order chi connectivity index (χ0) is 24.5. The van der Waals surface area contributed by atoms with Crippen LogP contribution in [0.2, 0.25) is 0 Å². The maximum atomic E-state index is 13.2. The van der Waals surface area contributed by atoms with Gasteiger partial charge in [0.25, 0.3) is 5.91 Å². The van der Waals surface area contributed by atoms with E-state index in [9.17, 15) is 9.59 Å². The number of rotatable bonds is 6. The molecule has 6 heteroatoms. The summed E-state index contributed by atoms with van der Waals surface area (Å²) in [5.41, 5.74) is 2.53. The van der Waals surface area contributed by atoms with E-state index in [1.165, 1.54) is 5.56 Å². The van der Waals surface area contributed by atoms with Crippen LogP contribution >= 0.6 is 15.9 Å². The molecule has 0 radical (unpaired) electrons. The SMILES string of the molecule is CC(Oc1ccc(C(C)(C)C)cc1)C(=O)Nc1c(C(=O)c2ccc(Br)cc2)oc2ccccc12. The minimum absolute atomic E-state index is 0.0294. The highest BCUT2D eigenvalue weighted by Gasteiger charge is 2.25. The molecule has 0 spiro atoms. The first-order chi connectivity index (χ1) is 16.1. The van der Waals surface area contributed by atoms with Gasteiger partial charge in [0.2, 0.25) is 5.78 Å². The monoisotopic (exact) mass is 519 g/mol. The summed E-state index contributed by atoms with van der Waals surface area (Å²) in [5.74, 6) is -0.0147. The lowest BCUT2D eigenvalue weighted by Crippen LogP contribution is -2.30. The minimum Gasteiger partial charge on any atom is -0.481 e. The van der Waals surface area contributed by atoms with Crippen molar-refractivity contribution < 1.29 is 18.7 Å². The van der Waals surface area contributed by atoms with Gasteiger partial charge in [0.1, 0.15) is 11.3 Å². The Bertz CT molecular complexity index is 1330. The molecule has 0 aliphatic heterocycles. The molecule has 1 amide bonds. The van der Waals surface area contributed by atoms with Crippen LogP contribution in [0.4, 0.5) is 5.69 Å². The molecule has 0 aliphatic carbocycles. The van der Waals surface area contributed by atoms with Gasteiger partial charge in [-0.15, -0.1) is 0 Å². The molecule has 0 saturated carbocycles. The summed E-state index contributed by atoms with van der Waals surface area (Å²) in [6.07, 6.45) is -0.787. The molecule has 34 heavy (non-hydrogen) atoms. The number of ketones is 1. The fourth-order valence-corrected chi connectivity index (χ4v) is 3.84. The van der Waals surface area contributed by atoms with Crippen LogP contribution in [0, 0.1) is 0 Å². The molecule has 5 nitrogen and oxygen atoms in total. The maximum Gasteiger partial charge on any atom is 0.265 e. The lowest BCUT2D eigenvalue weighted by Gasteiger charge is -2.20. The van der Waals surface area contributed by atoms with Crippen LogP contribution in [0.1, 0.15) is 49.4 Å². The zero-order valence-corrected chi connectivity index (χ0v) is 21.1. The van der Waals surface area contributed by atoms with Gasteiger partial charge in [-0.25, -0.2) is 0 Å². The predicted octanol–water partition coefficient (Wildman–Crippen LogP) is 7.13. The Labute approximate surface area is 207 Å². The first-order valence-corrected chi connectivity index (χ1v) is 11.8. The third-order valence-corrected chi connectivity index (χ3v) is 6.09. The lowest BCUT2D eigenvalue weighted by atomic mass is 9.87. The lowest BCUT2D eigenvalue weighted by molar-refractivity contribution is -0.122. The highest BCUT2D eigenvalue weighted by Crippen LogP contribution is 2.33. The number of carbonyl (C=O) groups is 2. The number of nitrogens with one attached hydrogen (secondary N) is 1. The molecule has 0 aliphatic rings. The minimum atomic E-state index is -0.787. The van der Waals surface area contributed by atoms with Gasteiger partial charge in [-0.2, -0.15) is 0 Å². The number of hydrogen-bond donors (Lipinski definition) is 1. The molecular formula is C28H26BrNO4. The summed E-state index contributed by atoms with van der Waals surface area (Å²) in [5, 5.41) is 3.51. The molecule has 0 bridgehead atoms. The molecule has 1 N–H and O–H groups in total. The standard InChI is InChI=1S/C28H26BrNO4/c1-17(33-21-15-11-19(12-16-21)28(2,3)4)27(32)30-24-22-7-5-6-8-23(22)34-26(24)25(31)18-9-13-20(29)14-10-18/h5-17H,1-4H3,(H,30,32). The molecule has 3 aromatic carbocycles. The second kappa shape index (κ2) is 9.47. The molecule has 0 saturated heterocycles. The molecule has 1 aromatic heterocycles. The average Bonchev–Trinajstić information content (AvgIpc) is 3.17. The normalized spacial score (nSPS) is 12.4. The van der Waals surface area contributed by atoms with Gasteiger partial charge >= 0.3 is 0 Å². The number of furan rings is 1. The second-order valence-electron chi connectivity index (χ2n) is 9.16. The molecule has 174 valence electrons. The van der Waals surface area contributed by atoms with E-state index in [0.717, 1.165) is 4.47 Å². The van der Waals surface area contributed by atoms with E-state index in [2.05, 4.69) is 42.0 Å². The molecule has 4 rings (SSSR count). The van der Waals surface area contributed by atoms with Crippen molar-refractivity contribution >= 4 is 44.3 Å². The first kappa shape index (κ1) is 23.8. The van der Waals surface area contributed by atoms with Crippen molar-refractivity contribution in [1.82, 2.24) is 0 Å². The number of para-hydroxylation sites is 1. The zero-order valence-electron chi connectivity index (χ0n) is 19.5. The van der Waals surface area contributed by atoms with Crippen molar-refractivity contribution in [2.75, 3.05) is 5.32 Å². The highest BCUT2D eigenvalue weighted by molar-refractivity contribution is 9.10. The van der Waals surface area contributed by atoms with Gasteiger partial charge < -0.3 is 14.5 Å². The van der Waals surface area contributed by atoms with Crippen LogP contribution in [-0.2, 0) is 10.2 Å². The Balaban J connectivity index is 1.58.